The molecular formula is C25H52. The van der Waals surface area contributed by atoms with Crippen molar-refractivity contribution in [2.24, 2.45) is 23.2 Å². The zero-order valence-electron chi connectivity index (χ0n) is 19.1. The third kappa shape index (κ3) is 12.1. The van der Waals surface area contributed by atoms with Gasteiger partial charge in [0.1, 0.15) is 0 Å². The molecule has 0 saturated carbocycles. The van der Waals surface area contributed by atoms with E-state index in [1.807, 2.05) is 0 Å². The summed E-state index contributed by atoms with van der Waals surface area (Å²) in [5, 5.41) is 0. The van der Waals surface area contributed by atoms with Gasteiger partial charge in [0.15, 0.2) is 0 Å². The van der Waals surface area contributed by atoms with E-state index in [-0.39, 0.29) is 0 Å². The third-order valence-corrected chi connectivity index (χ3v) is 6.69. The predicted octanol–water partition coefficient (Wildman–Crippen LogP) is 9.42. The Morgan fingerprint density at radius 1 is 0.680 bits per heavy atom. The van der Waals surface area contributed by atoms with Crippen molar-refractivity contribution < 1.29 is 0 Å². The fourth-order valence-corrected chi connectivity index (χ4v) is 4.64. The van der Waals surface area contributed by atoms with Crippen LogP contribution in [0.1, 0.15) is 138 Å². The van der Waals surface area contributed by atoms with Gasteiger partial charge in [-0.25, -0.2) is 0 Å². The minimum absolute atomic E-state index is 0.571. The molecule has 0 aliphatic carbocycles. The van der Waals surface area contributed by atoms with Crippen LogP contribution in [-0.2, 0) is 0 Å². The van der Waals surface area contributed by atoms with Crippen molar-refractivity contribution in [3.8, 4) is 0 Å². The first-order valence-corrected chi connectivity index (χ1v) is 11.9. The Morgan fingerprint density at radius 3 is 1.88 bits per heavy atom. The Bertz CT molecular complexity index is 280. The van der Waals surface area contributed by atoms with Crippen LogP contribution >= 0.6 is 0 Å². The van der Waals surface area contributed by atoms with Crippen LogP contribution in [0.5, 0.6) is 0 Å². The van der Waals surface area contributed by atoms with Gasteiger partial charge >= 0.3 is 0 Å². The molecule has 0 fully saturated rings. The molecule has 0 aromatic rings. The molecule has 0 N–H and O–H groups in total. The number of hydrogen-bond donors (Lipinski definition) is 0. The maximum absolute atomic E-state index is 2.59. The lowest BCUT2D eigenvalue weighted by atomic mass is 9.66. The monoisotopic (exact) mass is 352 g/mol. The average molecular weight is 353 g/mol. The van der Waals surface area contributed by atoms with Crippen molar-refractivity contribution in [2.75, 3.05) is 0 Å². The molecule has 3 atom stereocenters. The van der Waals surface area contributed by atoms with Crippen molar-refractivity contribution in [1.29, 1.82) is 0 Å². The number of unbranched alkanes of at least 4 members (excludes halogenated alkanes) is 5. The van der Waals surface area contributed by atoms with Crippen LogP contribution in [-0.4, -0.2) is 0 Å². The maximum atomic E-state index is 2.59. The van der Waals surface area contributed by atoms with E-state index in [2.05, 4.69) is 48.5 Å². The van der Waals surface area contributed by atoms with Crippen molar-refractivity contribution in [2.45, 2.75) is 138 Å². The van der Waals surface area contributed by atoms with Crippen LogP contribution in [0.15, 0.2) is 0 Å². The van der Waals surface area contributed by atoms with Gasteiger partial charge in [-0.15, -0.1) is 0 Å². The molecule has 0 spiro atoms. The van der Waals surface area contributed by atoms with Gasteiger partial charge in [0.2, 0.25) is 0 Å². The molecule has 0 nitrogen and oxygen atoms in total. The lowest BCUT2D eigenvalue weighted by molar-refractivity contribution is 0.117. The van der Waals surface area contributed by atoms with Crippen LogP contribution < -0.4 is 0 Å². The summed E-state index contributed by atoms with van der Waals surface area (Å²) < 4.78 is 0. The van der Waals surface area contributed by atoms with Crippen LogP contribution in [0.2, 0.25) is 0 Å². The molecule has 0 amide bonds. The highest BCUT2D eigenvalue weighted by Crippen LogP contribution is 2.43. The lowest BCUT2D eigenvalue weighted by Gasteiger charge is -2.39. The second-order valence-corrected chi connectivity index (χ2v) is 9.68. The first kappa shape index (κ1) is 25.0. The van der Waals surface area contributed by atoms with Gasteiger partial charge in [-0.3, -0.25) is 0 Å². The van der Waals surface area contributed by atoms with Crippen molar-refractivity contribution in [3.05, 3.63) is 0 Å². The van der Waals surface area contributed by atoms with Crippen LogP contribution in [0.3, 0.4) is 0 Å². The average Bonchev–Trinajstić information content (AvgIpc) is 2.57. The highest BCUT2D eigenvalue weighted by molar-refractivity contribution is 4.82. The molecule has 0 aliphatic heterocycles. The van der Waals surface area contributed by atoms with Gasteiger partial charge in [0.05, 0.1) is 0 Å². The van der Waals surface area contributed by atoms with E-state index >= 15 is 0 Å². The first-order chi connectivity index (χ1) is 11.9. The quantitative estimate of drug-likeness (QED) is 0.229. The minimum Gasteiger partial charge on any atom is -0.0654 e. The second kappa shape index (κ2) is 15.1. The van der Waals surface area contributed by atoms with Gasteiger partial charge in [-0.05, 0) is 42.4 Å². The summed E-state index contributed by atoms with van der Waals surface area (Å²) in [5.41, 5.74) is 0.571. The molecule has 25 heavy (non-hydrogen) atoms. The van der Waals surface area contributed by atoms with E-state index in [1.54, 1.807) is 0 Å². The molecule has 0 heteroatoms. The SMILES string of the molecule is CCCCCCCCC(C)CC(CCCC(C)C)C(C)(CC)CCC. The molecule has 0 heterocycles. The molecule has 0 aromatic carbocycles. The van der Waals surface area contributed by atoms with E-state index < -0.39 is 0 Å². The minimum atomic E-state index is 0.571. The normalized spacial score (nSPS) is 16.8. The fraction of sp³-hybridized carbons (Fsp3) is 1.00. The Hall–Kier alpha value is 0. The molecule has 0 radical (unpaired) electrons. The summed E-state index contributed by atoms with van der Waals surface area (Å²) in [6.07, 6.45) is 20.0. The summed E-state index contributed by atoms with van der Waals surface area (Å²) in [6, 6.07) is 0. The summed E-state index contributed by atoms with van der Waals surface area (Å²) in [4.78, 5) is 0. The van der Waals surface area contributed by atoms with Crippen molar-refractivity contribution in [1.82, 2.24) is 0 Å². The summed E-state index contributed by atoms with van der Waals surface area (Å²) in [6.45, 7) is 17.0. The second-order valence-electron chi connectivity index (χ2n) is 9.68. The van der Waals surface area contributed by atoms with E-state index in [4.69, 9.17) is 0 Å². The van der Waals surface area contributed by atoms with E-state index in [9.17, 15) is 0 Å². The Balaban J connectivity index is 4.43. The predicted molar refractivity (Wildman–Crippen MR) is 117 cm³/mol. The molecule has 0 aliphatic rings. The van der Waals surface area contributed by atoms with E-state index in [0.717, 1.165) is 17.8 Å². The van der Waals surface area contributed by atoms with E-state index in [0.29, 0.717) is 5.41 Å². The van der Waals surface area contributed by atoms with Gasteiger partial charge < -0.3 is 0 Å². The van der Waals surface area contributed by atoms with Gasteiger partial charge in [-0.2, -0.15) is 0 Å². The molecular weight excluding hydrogens is 300 g/mol. The van der Waals surface area contributed by atoms with Gasteiger partial charge in [0.25, 0.3) is 0 Å². The smallest absolute Gasteiger partial charge is 0.0300 e. The molecule has 3 unspecified atom stereocenters. The zero-order chi connectivity index (χ0) is 19.1. The Morgan fingerprint density at radius 2 is 1.32 bits per heavy atom. The first-order valence-electron chi connectivity index (χ1n) is 11.9. The zero-order valence-corrected chi connectivity index (χ0v) is 19.1. The molecule has 0 aromatic heterocycles. The highest BCUT2D eigenvalue weighted by atomic mass is 14.4. The summed E-state index contributed by atoms with van der Waals surface area (Å²) in [5.74, 6) is 2.71. The van der Waals surface area contributed by atoms with Crippen molar-refractivity contribution in [3.63, 3.8) is 0 Å². The summed E-state index contributed by atoms with van der Waals surface area (Å²) in [7, 11) is 0. The number of hydrogen-bond acceptors (Lipinski definition) is 0. The standard InChI is InChI=1S/C25H52/c1-8-11-12-13-14-15-18-23(6)21-24(19-16-17-22(4)5)25(7,10-3)20-9-2/h22-24H,8-21H2,1-7H3. The molecule has 152 valence electrons. The molecule has 0 bridgehead atoms. The van der Waals surface area contributed by atoms with Crippen LogP contribution in [0.25, 0.3) is 0 Å². The maximum Gasteiger partial charge on any atom is -0.0300 e. The fourth-order valence-electron chi connectivity index (χ4n) is 4.64. The molecule has 0 saturated heterocycles. The third-order valence-electron chi connectivity index (χ3n) is 6.69. The summed E-state index contributed by atoms with van der Waals surface area (Å²) >= 11 is 0. The topological polar surface area (TPSA) is 0 Å². The van der Waals surface area contributed by atoms with Crippen molar-refractivity contribution >= 4 is 0 Å². The van der Waals surface area contributed by atoms with Gasteiger partial charge in [-0.1, -0.05) is 119 Å². The van der Waals surface area contributed by atoms with E-state index in [1.165, 1.54) is 89.9 Å². The van der Waals surface area contributed by atoms with Crippen LogP contribution in [0.4, 0.5) is 0 Å². The van der Waals surface area contributed by atoms with Gasteiger partial charge in [0, 0.05) is 0 Å². The number of rotatable bonds is 17. The Kier molecular flexibility index (Phi) is 15.1. The van der Waals surface area contributed by atoms with Crippen LogP contribution in [0, 0.1) is 23.2 Å². The molecule has 0 rings (SSSR count). The highest BCUT2D eigenvalue weighted by Gasteiger charge is 2.32. The lowest BCUT2D eigenvalue weighted by Crippen LogP contribution is -2.28. The largest absolute Gasteiger partial charge is 0.0654 e. The Labute approximate surface area is 161 Å².